The number of amides is 1. The van der Waals surface area contributed by atoms with Gasteiger partial charge in [0.15, 0.2) is 5.65 Å². The molecule has 10 heteroatoms. The number of carbonyl (C=O) groups excluding carboxylic acids is 1. The highest BCUT2D eigenvalue weighted by molar-refractivity contribution is 5.97. The number of aromatic nitrogens is 3. The van der Waals surface area contributed by atoms with Gasteiger partial charge in [0, 0.05) is 37.3 Å². The van der Waals surface area contributed by atoms with Gasteiger partial charge in [-0.2, -0.15) is 5.10 Å². The van der Waals surface area contributed by atoms with Gasteiger partial charge in [-0.25, -0.2) is 9.67 Å². The fraction of sp³-hybridized carbons (Fsp3) is 0.615. The summed E-state index contributed by atoms with van der Waals surface area (Å²) in [6, 6.07) is 0.175. The summed E-state index contributed by atoms with van der Waals surface area (Å²) in [4.78, 5) is 34.5. The first-order valence-electron chi connectivity index (χ1n) is 13.1. The third-order valence-corrected chi connectivity index (χ3v) is 8.17. The number of nitrogens with zero attached hydrogens (tertiary/aromatic N) is 3. The van der Waals surface area contributed by atoms with Crippen molar-refractivity contribution in [3.63, 3.8) is 0 Å². The molecule has 0 saturated heterocycles. The van der Waals surface area contributed by atoms with Crippen molar-refractivity contribution in [3.8, 4) is 0 Å². The summed E-state index contributed by atoms with van der Waals surface area (Å²) in [5.74, 6) is -0.834. The van der Waals surface area contributed by atoms with E-state index in [-0.39, 0.29) is 23.8 Å². The third-order valence-electron chi connectivity index (χ3n) is 8.17. The predicted octanol–water partition coefficient (Wildman–Crippen LogP) is 3.37. The fourth-order valence-electron chi connectivity index (χ4n) is 6.01. The van der Waals surface area contributed by atoms with Gasteiger partial charge in [0.1, 0.15) is 5.60 Å². The van der Waals surface area contributed by atoms with Crippen LogP contribution in [0.25, 0.3) is 16.7 Å². The van der Waals surface area contributed by atoms with Crippen LogP contribution in [0.5, 0.6) is 0 Å². The second-order valence-corrected chi connectivity index (χ2v) is 10.4. The molecular weight excluding hydrogens is 460 g/mol. The van der Waals surface area contributed by atoms with Crippen molar-refractivity contribution >= 4 is 34.3 Å². The Hall–Kier alpha value is -3.14. The molecule has 1 spiro atoms. The Morgan fingerprint density at radius 1 is 1.19 bits per heavy atom. The highest BCUT2D eigenvalue weighted by Crippen LogP contribution is 2.43. The molecule has 10 nitrogen and oxygen atoms in total. The Kier molecular flexibility index (Phi) is 6.63. The number of carbonyl (C=O) groups is 2. The van der Waals surface area contributed by atoms with E-state index >= 15 is 0 Å². The van der Waals surface area contributed by atoms with Crippen molar-refractivity contribution in [2.24, 2.45) is 11.8 Å². The number of pyridine rings is 1. The molecule has 0 atom stereocenters. The average Bonchev–Trinajstić information content (AvgIpc) is 3.45. The molecule has 0 radical (unpaired) electrons. The van der Waals surface area contributed by atoms with Gasteiger partial charge in [-0.15, -0.1) is 0 Å². The summed E-state index contributed by atoms with van der Waals surface area (Å²) >= 11 is 0. The van der Waals surface area contributed by atoms with Crippen LogP contribution in [0.1, 0.15) is 69.5 Å². The summed E-state index contributed by atoms with van der Waals surface area (Å²) in [6.07, 6.45) is 10.1. The number of rotatable bonds is 6. The lowest BCUT2D eigenvalue weighted by Crippen LogP contribution is -2.39. The molecule has 2 aliphatic carbocycles. The van der Waals surface area contributed by atoms with Crippen molar-refractivity contribution in [1.82, 2.24) is 25.6 Å². The van der Waals surface area contributed by atoms with Gasteiger partial charge in [0.25, 0.3) is 0 Å². The van der Waals surface area contributed by atoms with E-state index in [2.05, 4.69) is 29.1 Å². The summed E-state index contributed by atoms with van der Waals surface area (Å²) < 4.78 is 1.91. The normalized spacial score (nSPS) is 28.1. The number of carboxylic acid groups (broad SMARTS) is 1. The summed E-state index contributed by atoms with van der Waals surface area (Å²) in [5, 5.41) is 21.6. The van der Waals surface area contributed by atoms with E-state index in [0.29, 0.717) is 12.8 Å². The topological polar surface area (TPSA) is 130 Å². The average molecular weight is 497 g/mol. The second kappa shape index (κ2) is 9.72. The quantitative estimate of drug-likeness (QED) is 0.479. The maximum atomic E-state index is 12.1. The number of hydrogen-bond donors (Lipinski definition) is 4. The molecule has 2 aromatic heterocycles. The summed E-state index contributed by atoms with van der Waals surface area (Å²) in [7, 11) is 1.69. The van der Waals surface area contributed by atoms with E-state index in [4.69, 9.17) is 14.9 Å². The minimum atomic E-state index is -0.700. The largest absolute Gasteiger partial charge is 0.481 e. The third kappa shape index (κ3) is 4.42. The van der Waals surface area contributed by atoms with Gasteiger partial charge >= 0.3 is 5.97 Å². The van der Waals surface area contributed by atoms with Gasteiger partial charge in [-0.05, 0) is 71.3 Å². The number of anilines is 1. The molecule has 2 fully saturated rings. The zero-order chi connectivity index (χ0) is 25.4. The van der Waals surface area contributed by atoms with Gasteiger partial charge in [0.2, 0.25) is 5.91 Å². The molecule has 1 aliphatic heterocycles. The molecule has 36 heavy (non-hydrogen) atoms. The van der Waals surface area contributed by atoms with Crippen LogP contribution in [-0.4, -0.2) is 50.4 Å². The molecule has 4 N–H and O–H groups in total. The predicted molar refractivity (Wildman–Crippen MR) is 136 cm³/mol. The van der Waals surface area contributed by atoms with Gasteiger partial charge in [-0.1, -0.05) is 0 Å². The van der Waals surface area contributed by atoms with Crippen LogP contribution in [0.2, 0.25) is 0 Å². The maximum absolute atomic E-state index is 12.1. The van der Waals surface area contributed by atoms with E-state index < -0.39 is 11.6 Å². The Morgan fingerprint density at radius 2 is 1.92 bits per heavy atom. The van der Waals surface area contributed by atoms with E-state index in [1.807, 2.05) is 17.8 Å². The molecule has 3 heterocycles. The van der Waals surface area contributed by atoms with Gasteiger partial charge in [-0.3, -0.25) is 19.9 Å². The number of aliphatic carboxylic acids is 1. The smallest absolute Gasteiger partial charge is 0.306 e. The van der Waals surface area contributed by atoms with Crippen molar-refractivity contribution in [2.45, 2.75) is 83.4 Å². The van der Waals surface area contributed by atoms with Crippen molar-refractivity contribution in [3.05, 3.63) is 23.5 Å². The number of fused-ring (bicyclic) bond motifs is 1. The monoisotopic (exact) mass is 496 g/mol. The number of hydrogen-bond acceptors (Lipinski definition) is 7. The van der Waals surface area contributed by atoms with Crippen LogP contribution in [0.4, 0.5) is 5.69 Å². The van der Waals surface area contributed by atoms with E-state index in [1.165, 1.54) is 0 Å². The van der Waals surface area contributed by atoms with Crippen molar-refractivity contribution in [2.75, 3.05) is 12.4 Å². The molecule has 0 unspecified atom stereocenters. The first kappa shape index (κ1) is 24.5. The molecule has 194 valence electrons. The first-order chi connectivity index (χ1) is 17.3. The SMILES string of the molecule is CCn1nc(C)c2c(NC3CCC(C(=O)O)CC3)c(C3=CC4(CCC(C(=O)NC)CC4)ON3)cnc21. The lowest BCUT2D eigenvalue weighted by atomic mass is 9.78. The molecule has 0 bridgehead atoms. The maximum Gasteiger partial charge on any atom is 0.306 e. The standard InChI is InChI=1S/C26H36N6O4/c1-4-32-23-21(15(2)30-32)22(29-18-7-5-17(6-8-18)25(34)35)19(14-28-23)20-13-26(36-31-20)11-9-16(10-12-26)24(33)27-3/h13-14,16-18,31H,4-12H2,1-3H3,(H,27,33)(H,28,29)(H,34,35). The minimum Gasteiger partial charge on any atom is -0.481 e. The van der Waals surface area contributed by atoms with Crippen molar-refractivity contribution in [1.29, 1.82) is 0 Å². The molecular formula is C26H36N6O4. The second-order valence-electron chi connectivity index (χ2n) is 10.4. The van der Waals surface area contributed by atoms with E-state index in [1.54, 1.807) is 7.05 Å². The molecule has 1 amide bonds. The Bertz CT molecular complexity index is 1190. The van der Waals surface area contributed by atoms with Crippen molar-refractivity contribution < 1.29 is 19.5 Å². The zero-order valence-corrected chi connectivity index (χ0v) is 21.3. The highest BCUT2D eigenvalue weighted by Gasteiger charge is 2.41. The van der Waals surface area contributed by atoms with Gasteiger partial charge in [0.05, 0.1) is 28.4 Å². The number of hydroxylamine groups is 1. The van der Waals surface area contributed by atoms with Crippen LogP contribution in [0.15, 0.2) is 12.3 Å². The highest BCUT2D eigenvalue weighted by atomic mass is 16.7. The Morgan fingerprint density at radius 3 is 2.56 bits per heavy atom. The van der Waals surface area contributed by atoms with Crippen LogP contribution in [0, 0.1) is 18.8 Å². The Balaban J connectivity index is 1.46. The van der Waals surface area contributed by atoms with E-state index in [0.717, 1.165) is 78.7 Å². The van der Waals surface area contributed by atoms with E-state index in [9.17, 15) is 14.7 Å². The van der Waals surface area contributed by atoms with Gasteiger partial charge < -0.3 is 15.7 Å². The number of aryl methyl sites for hydroxylation is 2. The van der Waals surface area contributed by atoms with Crippen LogP contribution in [-0.2, 0) is 21.0 Å². The fourth-order valence-corrected chi connectivity index (χ4v) is 6.01. The van der Waals surface area contributed by atoms with Crippen LogP contribution in [0.3, 0.4) is 0 Å². The molecule has 0 aromatic carbocycles. The molecule has 2 saturated carbocycles. The molecule has 3 aliphatic rings. The lowest BCUT2D eigenvalue weighted by molar-refractivity contribution is -0.142. The van der Waals surface area contributed by atoms with Crippen LogP contribution < -0.4 is 16.1 Å². The molecule has 5 rings (SSSR count). The lowest BCUT2D eigenvalue weighted by Gasteiger charge is -2.33. The zero-order valence-electron chi connectivity index (χ0n) is 21.3. The van der Waals surface area contributed by atoms with Crippen LogP contribution >= 0.6 is 0 Å². The number of nitrogens with one attached hydrogen (secondary N) is 3. The number of carboxylic acids is 1. The summed E-state index contributed by atoms with van der Waals surface area (Å²) in [5.41, 5.74) is 7.23. The molecule has 2 aromatic rings. The summed E-state index contributed by atoms with van der Waals surface area (Å²) in [6.45, 7) is 4.77. The first-order valence-corrected chi connectivity index (χ1v) is 13.1. The Labute approximate surface area is 210 Å². The minimum absolute atomic E-state index is 0.0281.